The van der Waals surface area contributed by atoms with E-state index in [1.165, 1.54) is 6.21 Å². The minimum Gasteiger partial charge on any atom is -0.296 e. The van der Waals surface area contributed by atoms with Crippen LogP contribution in [0, 0.1) is 0 Å². The van der Waals surface area contributed by atoms with Crippen LogP contribution >= 0.6 is 27.3 Å². The van der Waals surface area contributed by atoms with Crippen molar-refractivity contribution >= 4 is 50.4 Å². The van der Waals surface area contributed by atoms with Gasteiger partial charge in [0, 0.05) is 22.4 Å². The highest BCUT2D eigenvalue weighted by Crippen LogP contribution is 2.17. The molecule has 0 aliphatic carbocycles. The number of nitrogens with one attached hydrogen (secondary N) is 2. The largest absolute Gasteiger partial charge is 0.296 e. The van der Waals surface area contributed by atoms with Gasteiger partial charge in [-0.25, -0.2) is 5.43 Å². The molecule has 136 valence electrons. The molecule has 0 bridgehead atoms. The van der Waals surface area contributed by atoms with Crippen LogP contribution in [0.15, 0.2) is 58.4 Å². The zero-order valence-electron chi connectivity index (χ0n) is 13.8. The summed E-state index contributed by atoms with van der Waals surface area (Å²) in [5.74, 6) is -0.626. The highest BCUT2D eigenvalue weighted by Gasteiger charge is 2.12. The van der Waals surface area contributed by atoms with Crippen LogP contribution in [0.1, 0.15) is 20.9 Å². The lowest BCUT2D eigenvalue weighted by molar-refractivity contribution is -0.120. The van der Waals surface area contributed by atoms with Gasteiger partial charge in [-0.1, -0.05) is 27.3 Å². The molecule has 0 atom stereocenters. The summed E-state index contributed by atoms with van der Waals surface area (Å²) in [5, 5.41) is 15.1. The normalized spacial score (nSPS) is 10.7. The Kier molecular flexibility index (Phi) is 6.34. The van der Waals surface area contributed by atoms with Crippen molar-refractivity contribution in [1.82, 2.24) is 20.6 Å². The van der Waals surface area contributed by atoms with E-state index in [1.807, 2.05) is 0 Å². The fraction of sp³-hybridized carbons (Fsp3) is 0.0588. The van der Waals surface area contributed by atoms with E-state index in [1.54, 1.807) is 48.8 Å². The maximum absolute atomic E-state index is 12.1. The summed E-state index contributed by atoms with van der Waals surface area (Å²) >= 11 is 4.45. The van der Waals surface area contributed by atoms with Crippen molar-refractivity contribution in [3.05, 3.63) is 69.4 Å². The first-order valence-corrected chi connectivity index (χ1v) is 9.32. The van der Waals surface area contributed by atoms with Gasteiger partial charge < -0.3 is 0 Å². The zero-order valence-corrected chi connectivity index (χ0v) is 16.2. The molecule has 8 nitrogen and oxygen atoms in total. The van der Waals surface area contributed by atoms with Crippen molar-refractivity contribution < 1.29 is 9.59 Å². The predicted molar refractivity (Wildman–Crippen MR) is 106 cm³/mol. The van der Waals surface area contributed by atoms with Crippen LogP contribution in [-0.2, 0) is 11.2 Å². The number of hydrogen-bond donors (Lipinski definition) is 2. The van der Waals surface area contributed by atoms with Crippen LogP contribution in [0.4, 0.5) is 5.13 Å². The summed E-state index contributed by atoms with van der Waals surface area (Å²) in [5.41, 5.74) is 3.73. The molecule has 3 rings (SSSR count). The van der Waals surface area contributed by atoms with E-state index in [4.69, 9.17) is 0 Å². The molecule has 10 heteroatoms. The Morgan fingerprint density at radius 1 is 1.11 bits per heavy atom. The van der Waals surface area contributed by atoms with E-state index in [0.29, 0.717) is 15.7 Å². The summed E-state index contributed by atoms with van der Waals surface area (Å²) in [6.07, 6.45) is 4.80. The summed E-state index contributed by atoms with van der Waals surface area (Å²) in [7, 11) is 0. The fourth-order valence-corrected chi connectivity index (χ4v) is 2.95. The van der Waals surface area contributed by atoms with Gasteiger partial charge in [-0.15, -0.1) is 10.2 Å². The maximum Gasteiger partial charge on any atom is 0.257 e. The molecular formula is C17H13BrN6O2S. The van der Waals surface area contributed by atoms with Crippen LogP contribution in [0.2, 0.25) is 0 Å². The number of benzene rings is 1. The molecule has 2 heterocycles. The average molecular weight is 445 g/mol. The number of hydrazone groups is 1. The van der Waals surface area contributed by atoms with Gasteiger partial charge in [0.05, 0.1) is 12.6 Å². The molecule has 0 spiro atoms. The van der Waals surface area contributed by atoms with Crippen molar-refractivity contribution in [3.8, 4) is 0 Å². The molecule has 1 aromatic carbocycles. The molecule has 0 unspecified atom stereocenters. The van der Waals surface area contributed by atoms with Gasteiger partial charge in [0.25, 0.3) is 5.91 Å². The Bertz CT molecular complexity index is 959. The van der Waals surface area contributed by atoms with Crippen molar-refractivity contribution in [2.75, 3.05) is 5.32 Å². The van der Waals surface area contributed by atoms with Crippen LogP contribution in [-0.4, -0.2) is 33.2 Å². The Morgan fingerprint density at radius 2 is 1.85 bits per heavy atom. The quantitative estimate of drug-likeness (QED) is 0.448. The minimum atomic E-state index is -0.331. The molecule has 0 saturated heterocycles. The highest BCUT2D eigenvalue weighted by molar-refractivity contribution is 9.10. The van der Waals surface area contributed by atoms with Crippen molar-refractivity contribution in [2.24, 2.45) is 5.10 Å². The number of aromatic nitrogens is 3. The molecule has 0 saturated carbocycles. The molecule has 27 heavy (non-hydrogen) atoms. The molecule has 0 radical (unpaired) electrons. The van der Waals surface area contributed by atoms with Gasteiger partial charge in [0.15, 0.2) is 0 Å². The number of hydrogen-bond acceptors (Lipinski definition) is 7. The number of anilines is 1. The van der Waals surface area contributed by atoms with Gasteiger partial charge in [0.2, 0.25) is 11.0 Å². The topological polar surface area (TPSA) is 109 Å². The van der Waals surface area contributed by atoms with Crippen LogP contribution in [0.25, 0.3) is 0 Å². The van der Waals surface area contributed by atoms with Crippen LogP contribution < -0.4 is 10.7 Å². The number of carbonyl (C=O) groups is 2. The van der Waals surface area contributed by atoms with E-state index >= 15 is 0 Å². The minimum absolute atomic E-state index is 0.0134. The smallest absolute Gasteiger partial charge is 0.257 e. The lowest BCUT2D eigenvalue weighted by atomic mass is 10.2. The van der Waals surface area contributed by atoms with E-state index in [2.05, 4.69) is 47.0 Å². The Hall–Kier alpha value is -2.98. The van der Waals surface area contributed by atoms with Gasteiger partial charge in [-0.2, -0.15) is 5.10 Å². The number of amides is 2. The summed E-state index contributed by atoms with van der Waals surface area (Å²) < 4.78 is 0.884. The summed E-state index contributed by atoms with van der Waals surface area (Å²) in [6, 6.07) is 10.5. The predicted octanol–water partition coefficient (Wildman–Crippen LogP) is 2.64. The SMILES string of the molecule is O=C(Cc1nnc(NC(=O)c2ccc(Br)cc2)s1)N/N=C\c1ccncc1. The standard InChI is InChI=1S/C17H13BrN6O2S/c18-13-3-1-12(2-4-13)16(26)21-17-24-23-15(27-17)9-14(25)22-20-10-11-5-7-19-8-6-11/h1-8,10H,9H2,(H,22,25)(H,21,24,26)/b20-10-. The third-order valence-electron chi connectivity index (χ3n) is 3.21. The number of carbonyl (C=O) groups excluding carboxylic acids is 2. The fourth-order valence-electron chi connectivity index (χ4n) is 1.95. The summed E-state index contributed by atoms with van der Waals surface area (Å²) in [6.45, 7) is 0. The van der Waals surface area contributed by atoms with Gasteiger partial charge in [-0.3, -0.25) is 19.9 Å². The van der Waals surface area contributed by atoms with E-state index in [9.17, 15) is 9.59 Å². The number of pyridine rings is 1. The third-order valence-corrected chi connectivity index (χ3v) is 4.58. The maximum atomic E-state index is 12.1. The molecule has 0 fully saturated rings. The van der Waals surface area contributed by atoms with Crippen LogP contribution in [0.3, 0.4) is 0 Å². The average Bonchev–Trinajstić information content (AvgIpc) is 3.09. The lowest BCUT2D eigenvalue weighted by Gasteiger charge is -2.00. The van der Waals surface area contributed by atoms with Crippen molar-refractivity contribution in [1.29, 1.82) is 0 Å². The van der Waals surface area contributed by atoms with E-state index in [0.717, 1.165) is 21.4 Å². The Morgan fingerprint density at radius 3 is 2.59 bits per heavy atom. The molecule has 2 aromatic heterocycles. The Labute approximate surface area is 166 Å². The van der Waals surface area contributed by atoms with E-state index in [-0.39, 0.29) is 18.2 Å². The van der Waals surface area contributed by atoms with Crippen LogP contribution in [0.5, 0.6) is 0 Å². The molecule has 2 N–H and O–H groups in total. The summed E-state index contributed by atoms with van der Waals surface area (Å²) in [4.78, 5) is 27.9. The first-order chi connectivity index (χ1) is 13.1. The number of halogens is 1. The monoisotopic (exact) mass is 444 g/mol. The first-order valence-electron chi connectivity index (χ1n) is 7.71. The molecule has 0 aliphatic heterocycles. The second kappa shape index (κ2) is 9.10. The van der Waals surface area contributed by atoms with E-state index < -0.39 is 0 Å². The molecular weight excluding hydrogens is 432 g/mol. The molecule has 0 aliphatic rings. The van der Waals surface area contributed by atoms with Gasteiger partial charge in [0.1, 0.15) is 5.01 Å². The van der Waals surface area contributed by atoms with Gasteiger partial charge in [-0.05, 0) is 42.0 Å². The highest BCUT2D eigenvalue weighted by atomic mass is 79.9. The van der Waals surface area contributed by atoms with Crippen molar-refractivity contribution in [2.45, 2.75) is 6.42 Å². The number of nitrogens with zero attached hydrogens (tertiary/aromatic N) is 4. The first kappa shape index (κ1) is 18.8. The lowest BCUT2D eigenvalue weighted by Crippen LogP contribution is -2.19. The second-order valence-electron chi connectivity index (χ2n) is 5.21. The Balaban J connectivity index is 1.51. The van der Waals surface area contributed by atoms with Crippen molar-refractivity contribution in [3.63, 3.8) is 0 Å². The second-order valence-corrected chi connectivity index (χ2v) is 7.19. The third kappa shape index (κ3) is 5.76. The number of rotatable bonds is 6. The van der Waals surface area contributed by atoms with Gasteiger partial charge >= 0.3 is 0 Å². The zero-order chi connectivity index (χ0) is 19.1. The molecule has 2 amide bonds. The molecule has 3 aromatic rings.